The third-order valence-corrected chi connectivity index (χ3v) is 3.42. The van der Waals surface area contributed by atoms with Crippen LogP contribution in [0.2, 0.25) is 0 Å². The van der Waals surface area contributed by atoms with Gasteiger partial charge in [-0.3, -0.25) is 0 Å². The molecule has 0 saturated carbocycles. The van der Waals surface area contributed by atoms with Gasteiger partial charge in [-0.2, -0.15) is 0 Å². The SMILES string of the molecule is Cc1nc2cc(F)cc(Br)c2s1. The standard InChI is InChI=1S/C8H5BrFNS/c1-4-11-7-3-5(10)2-6(9)8(7)12-4/h2-3H,1H3. The molecule has 0 unspecified atom stereocenters. The van der Waals surface area contributed by atoms with Gasteiger partial charge in [0.2, 0.25) is 0 Å². The Hall–Kier alpha value is -0.480. The van der Waals surface area contributed by atoms with Gasteiger partial charge in [0.15, 0.2) is 0 Å². The Morgan fingerprint density at radius 2 is 2.25 bits per heavy atom. The molecule has 1 heterocycles. The normalized spacial score (nSPS) is 10.9. The molecule has 0 aliphatic rings. The molecule has 0 spiro atoms. The molecule has 0 fully saturated rings. The summed E-state index contributed by atoms with van der Waals surface area (Å²) in [5, 5.41) is 0.955. The van der Waals surface area contributed by atoms with Crippen LogP contribution in [0.1, 0.15) is 5.01 Å². The highest BCUT2D eigenvalue weighted by atomic mass is 79.9. The third-order valence-electron chi connectivity index (χ3n) is 1.52. The average Bonchev–Trinajstić information content (AvgIpc) is 2.29. The molecule has 1 aromatic heterocycles. The molecule has 0 saturated heterocycles. The van der Waals surface area contributed by atoms with Crippen LogP contribution in [0.15, 0.2) is 16.6 Å². The molecule has 0 amide bonds. The quantitative estimate of drug-likeness (QED) is 0.693. The summed E-state index contributed by atoms with van der Waals surface area (Å²) in [5.74, 6) is -0.250. The molecule has 0 bridgehead atoms. The van der Waals surface area contributed by atoms with Crippen LogP contribution >= 0.6 is 27.3 Å². The molecule has 4 heteroatoms. The molecular formula is C8H5BrFNS. The van der Waals surface area contributed by atoms with Gasteiger partial charge >= 0.3 is 0 Å². The minimum Gasteiger partial charge on any atom is -0.241 e. The molecule has 0 atom stereocenters. The van der Waals surface area contributed by atoms with Crippen LogP contribution < -0.4 is 0 Å². The van der Waals surface area contributed by atoms with Gasteiger partial charge in [0.1, 0.15) is 5.82 Å². The summed E-state index contributed by atoms with van der Waals surface area (Å²) in [4.78, 5) is 4.18. The molecule has 0 aliphatic carbocycles. The van der Waals surface area contributed by atoms with E-state index in [4.69, 9.17) is 0 Å². The maximum absolute atomic E-state index is 12.8. The molecule has 0 aliphatic heterocycles. The van der Waals surface area contributed by atoms with Crippen molar-refractivity contribution in [2.75, 3.05) is 0 Å². The summed E-state index contributed by atoms with van der Waals surface area (Å²) >= 11 is 4.85. The largest absolute Gasteiger partial charge is 0.241 e. The van der Waals surface area contributed by atoms with E-state index in [0.717, 1.165) is 19.7 Å². The number of thiazole rings is 1. The summed E-state index contributed by atoms with van der Waals surface area (Å²) in [5.41, 5.74) is 0.726. The number of hydrogen-bond acceptors (Lipinski definition) is 2. The van der Waals surface area contributed by atoms with Crippen LogP contribution in [-0.4, -0.2) is 4.98 Å². The van der Waals surface area contributed by atoms with Gasteiger partial charge in [-0.1, -0.05) is 0 Å². The van der Waals surface area contributed by atoms with E-state index in [-0.39, 0.29) is 5.82 Å². The average molecular weight is 246 g/mol. The van der Waals surface area contributed by atoms with Crippen molar-refractivity contribution in [1.82, 2.24) is 4.98 Å². The third kappa shape index (κ3) is 1.25. The van der Waals surface area contributed by atoms with Crippen molar-refractivity contribution in [1.29, 1.82) is 0 Å². The van der Waals surface area contributed by atoms with Gasteiger partial charge in [0.25, 0.3) is 0 Å². The minimum atomic E-state index is -0.250. The number of rotatable bonds is 0. The first-order valence-corrected chi connectivity index (χ1v) is 5.00. The van der Waals surface area contributed by atoms with E-state index in [1.807, 2.05) is 6.92 Å². The predicted molar refractivity (Wildman–Crippen MR) is 52.0 cm³/mol. The fourth-order valence-electron chi connectivity index (χ4n) is 1.07. The van der Waals surface area contributed by atoms with Crippen molar-refractivity contribution in [3.8, 4) is 0 Å². The first-order chi connectivity index (χ1) is 5.66. The van der Waals surface area contributed by atoms with Crippen molar-refractivity contribution in [2.45, 2.75) is 6.92 Å². The second-order valence-corrected chi connectivity index (χ2v) is 4.53. The lowest BCUT2D eigenvalue weighted by atomic mass is 10.3. The van der Waals surface area contributed by atoms with E-state index >= 15 is 0 Å². The van der Waals surface area contributed by atoms with E-state index in [1.54, 1.807) is 11.3 Å². The lowest BCUT2D eigenvalue weighted by molar-refractivity contribution is 0.629. The highest BCUT2D eigenvalue weighted by Gasteiger charge is 2.05. The number of halogens is 2. The van der Waals surface area contributed by atoms with Crippen molar-refractivity contribution in [3.63, 3.8) is 0 Å². The second kappa shape index (κ2) is 2.78. The zero-order chi connectivity index (χ0) is 8.72. The van der Waals surface area contributed by atoms with Crippen molar-refractivity contribution in [2.24, 2.45) is 0 Å². The van der Waals surface area contributed by atoms with Crippen LogP contribution in [0.25, 0.3) is 10.2 Å². The van der Waals surface area contributed by atoms with Gasteiger partial charge in [-0.05, 0) is 28.9 Å². The van der Waals surface area contributed by atoms with Gasteiger partial charge in [-0.15, -0.1) is 11.3 Å². The van der Waals surface area contributed by atoms with Crippen molar-refractivity contribution < 1.29 is 4.39 Å². The van der Waals surface area contributed by atoms with E-state index < -0.39 is 0 Å². The van der Waals surface area contributed by atoms with Crippen LogP contribution in [-0.2, 0) is 0 Å². The molecule has 1 aromatic carbocycles. The number of hydrogen-bond donors (Lipinski definition) is 0. The van der Waals surface area contributed by atoms with Crippen LogP contribution in [0.4, 0.5) is 4.39 Å². The number of aryl methyl sites for hydroxylation is 1. The summed E-state index contributed by atoms with van der Waals surface area (Å²) < 4.78 is 14.6. The number of benzene rings is 1. The maximum atomic E-state index is 12.8. The van der Waals surface area contributed by atoms with Gasteiger partial charge in [0.05, 0.1) is 15.2 Å². The molecular weight excluding hydrogens is 241 g/mol. The van der Waals surface area contributed by atoms with E-state index in [0.29, 0.717) is 0 Å². The van der Waals surface area contributed by atoms with Gasteiger partial charge in [-0.25, -0.2) is 9.37 Å². The van der Waals surface area contributed by atoms with E-state index in [1.165, 1.54) is 12.1 Å². The Bertz CT molecular complexity index is 438. The number of nitrogens with zero attached hydrogens (tertiary/aromatic N) is 1. The summed E-state index contributed by atoms with van der Waals surface area (Å²) in [6.45, 7) is 1.91. The lowest BCUT2D eigenvalue weighted by Gasteiger charge is -1.91. The molecule has 2 rings (SSSR count). The van der Waals surface area contributed by atoms with Crippen LogP contribution in [0.3, 0.4) is 0 Å². The molecule has 62 valence electrons. The second-order valence-electron chi connectivity index (χ2n) is 2.47. The maximum Gasteiger partial charge on any atom is 0.126 e. The lowest BCUT2D eigenvalue weighted by Crippen LogP contribution is -1.75. The Balaban J connectivity index is 2.88. The first-order valence-electron chi connectivity index (χ1n) is 3.39. The molecule has 0 N–H and O–H groups in total. The zero-order valence-electron chi connectivity index (χ0n) is 6.27. The van der Waals surface area contributed by atoms with E-state index in [2.05, 4.69) is 20.9 Å². The summed E-state index contributed by atoms with van der Waals surface area (Å²) in [7, 11) is 0. The Labute approximate surface area is 81.4 Å². The van der Waals surface area contributed by atoms with Gasteiger partial charge < -0.3 is 0 Å². The van der Waals surface area contributed by atoms with Crippen molar-refractivity contribution >= 4 is 37.5 Å². The number of fused-ring (bicyclic) bond motifs is 1. The Morgan fingerprint density at radius 3 is 3.00 bits per heavy atom. The summed E-state index contributed by atoms with van der Waals surface area (Å²) in [6.07, 6.45) is 0. The molecule has 2 aromatic rings. The fourth-order valence-corrected chi connectivity index (χ4v) is 2.54. The zero-order valence-corrected chi connectivity index (χ0v) is 8.67. The number of aromatic nitrogens is 1. The van der Waals surface area contributed by atoms with Crippen molar-refractivity contribution in [3.05, 3.63) is 27.4 Å². The topological polar surface area (TPSA) is 12.9 Å². The highest BCUT2D eigenvalue weighted by molar-refractivity contribution is 9.10. The molecule has 1 nitrogen and oxygen atoms in total. The van der Waals surface area contributed by atoms with Crippen LogP contribution in [0.5, 0.6) is 0 Å². The summed E-state index contributed by atoms with van der Waals surface area (Å²) in [6, 6.07) is 2.91. The van der Waals surface area contributed by atoms with E-state index in [9.17, 15) is 4.39 Å². The van der Waals surface area contributed by atoms with Crippen LogP contribution in [0, 0.1) is 12.7 Å². The predicted octanol–water partition coefficient (Wildman–Crippen LogP) is 3.51. The molecule has 12 heavy (non-hydrogen) atoms. The fraction of sp³-hybridized carbons (Fsp3) is 0.125. The Morgan fingerprint density at radius 1 is 1.50 bits per heavy atom. The first kappa shape index (κ1) is 8.13. The monoisotopic (exact) mass is 245 g/mol. The minimum absolute atomic E-state index is 0.250. The van der Waals surface area contributed by atoms with Gasteiger partial charge in [0, 0.05) is 10.5 Å². The Kier molecular flexibility index (Phi) is 1.88. The smallest absolute Gasteiger partial charge is 0.126 e. The highest BCUT2D eigenvalue weighted by Crippen LogP contribution is 2.29. The molecule has 0 radical (unpaired) electrons.